The van der Waals surface area contributed by atoms with E-state index in [0.717, 1.165) is 23.4 Å². The molecule has 0 aliphatic carbocycles. The second-order valence-corrected chi connectivity index (χ2v) is 7.23. The van der Waals surface area contributed by atoms with Crippen LogP contribution >= 0.6 is 11.7 Å². The number of nitrogens with zero attached hydrogens (tertiary/aromatic N) is 2. The molecule has 130 valence electrons. The minimum Gasteiger partial charge on any atom is -0.494 e. The zero-order valence-electron chi connectivity index (χ0n) is 13.2. The lowest BCUT2D eigenvalue weighted by Crippen LogP contribution is -2.13. The fourth-order valence-corrected chi connectivity index (χ4v) is 4.04. The standard InChI is InChI=1S/C16H14FN3O3S2/c1-3-23-10(2)11-4-6-12(7-5-11)20-25(21,22)14-9-8-13(17)15-16(14)19-24-18-15/h4-9,20H,2-3H2,1H3. The molecule has 0 bridgehead atoms. The van der Waals surface area contributed by atoms with E-state index in [-0.39, 0.29) is 15.9 Å². The Kier molecular flexibility index (Phi) is 4.69. The largest absolute Gasteiger partial charge is 0.494 e. The second kappa shape index (κ2) is 6.77. The van der Waals surface area contributed by atoms with Crippen LogP contribution in [0.4, 0.5) is 10.1 Å². The summed E-state index contributed by atoms with van der Waals surface area (Å²) in [7, 11) is -3.94. The van der Waals surface area contributed by atoms with Gasteiger partial charge in [0.05, 0.1) is 18.3 Å². The van der Waals surface area contributed by atoms with Crippen molar-refractivity contribution in [2.45, 2.75) is 11.8 Å². The number of halogens is 1. The number of benzene rings is 2. The van der Waals surface area contributed by atoms with Crippen LogP contribution in [-0.4, -0.2) is 23.8 Å². The molecule has 1 N–H and O–H groups in total. The van der Waals surface area contributed by atoms with Gasteiger partial charge in [-0.3, -0.25) is 4.72 Å². The van der Waals surface area contributed by atoms with Gasteiger partial charge in [-0.2, -0.15) is 8.75 Å². The number of rotatable bonds is 6. The topological polar surface area (TPSA) is 81.2 Å². The quantitative estimate of drug-likeness (QED) is 0.662. The number of hydrogen-bond acceptors (Lipinski definition) is 6. The summed E-state index contributed by atoms with van der Waals surface area (Å²) in [5, 5.41) is 0. The van der Waals surface area contributed by atoms with Crippen LogP contribution in [0.3, 0.4) is 0 Å². The molecular formula is C16H14FN3O3S2. The molecular weight excluding hydrogens is 365 g/mol. The highest BCUT2D eigenvalue weighted by molar-refractivity contribution is 7.93. The Bertz CT molecular complexity index is 1030. The van der Waals surface area contributed by atoms with Crippen molar-refractivity contribution in [3.8, 4) is 0 Å². The average Bonchev–Trinajstić information content (AvgIpc) is 3.06. The molecule has 0 fully saturated rings. The van der Waals surface area contributed by atoms with E-state index in [9.17, 15) is 12.8 Å². The summed E-state index contributed by atoms with van der Waals surface area (Å²) in [6.45, 7) is 6.14. The molecule has 1 heterocycles. The lowest BCUT2D eigenvalue weighted by atomic mass is 10.2. The molecule has 0 aliphatic rings. The van der Waals surface area contributed by atoms with Crippen molar-refractivity contribution in [2.75, 3.05) is 11.3 Å². The third kappa shape index (κ3) is 3.47. The number of ether oxygens (including phenoxy) is 1. The van der Waals surface area contributed by atoms with Crippen LogP contribution in [-0.2, 0) is 14.8 Å². The normalized spacial score (nSPS) is 11.4. The van der Waals surface area contributed by atoms with Crippen LogP contribution in [0.1, 0.15) is 12.5 Å². The lowest BCUT2D eigenvalue weighted by Gasteiger charge is -2.10. The number of fused-ring (bicyclic) bond motifs is 1. The molecule has 6 nitrogen and oxygen atoms in total. The Labute approximate surface area is 148 Å². The second-order valence-electron chi connectivity index (χ2n) is 5.05. The summed E-state index contributed by atoms with van der Waals surface area (Å²) >= 11 is 0.758. The number of sulfonamides is 1. The zero-order valence-corrected chi connectivity index (χ0v) is 14.8. The van der Waals surface area contributed by atoms with E-state index in [1.807, 2.05) is 6.92 Å². The number of nitrogens with one attached hydrogen (secondary N) is 1. The Morgan fingerprint density at radius 1 is 1.20 bits per heavy atom. The van der Waals surface area contributed by atoms with Crippen LogP contribution < -0.4 is 4.72 Å². The summed E-state index contributed by atoms with van der Waals surface area (Å²) in [6.07, 6.45) is 0. The van der Waals surface area contributed by atoms with Gasteiger partial charge in [0.1, 0.15) is 21.7 Å². The van der Waals surface area contributed by atoms with E-state index in [1.54, 1.807) is 24.3 Å². The lowest BCUT2D eigenvalue weighted by molar-refractivity contribution is 0.299. The van der Waals surface area contributed by atoms with Crippen LogP contribution in [0.5, 0.6) is 0 Å². The minimum absolute atomic E-state index is 0.0128. The fraction of sp³-hybridized carbons (Fsp3) is 0.125. The van der Waals surface area contributed by atoms with Crippen molar-refractivity contribution in [1.29, 1.82) is 0 Å². The molecule has 25 heavy (non-hydrogen) atoms. The third-order valence-corrected chi connectivity index (χ3v) is 5.34. The average molecular weight is 379 g/mol. The summed E-state index contributed by atoms with van der Waals surface area (Å²) < 4.78 is 54.3. The van der Waals surface area contributed by atoms with Gasteiger partial charge in [0.15, 0.2) is 5.82 Å². The van der Waals surface area contributed by atoms with Gasteiger partial charge in [0.25, 0.3) is 10.0 Å². The van der Waals surface area contributed by atoms with Crippen molar-refractivity contribution in [2.24, 2.45) is 0 Å². The maximum Gasteiger partial charge on any atom is 0.264 e. The van der Waals surface area contributed by atoms with Crippen molar-refractivity contribution in [3.63, 3.8) is 0 Å². The van der Waals surface area contributed by atoms with E-state index in [1.165, 1.54) is 6.07 Å². The first kappa shape index (κ1) is 17.3. The Hall–Kier alpha value is -2.52. The van der Waals surface area contributed by atoms with E-state index in [2.05, 4.69) is 20.0 Å². The van der Waals surface area contributed by atoms with Crippen LogP contribution in [0.25, 0.3) is 16.8 Å². The molecule has 3 aromatic rings. The third-order valence-electron chi connectivity index (χ3n) is 3.40. The molecule has 0 spiro atoms. The summed E-state index contributed by atoms with van der Waals surface area (Å²) in [5.74, 6) is -0.104. The van der Waals surface area contributed by atoms with Gasteiger partial charge in [-0.25, -0.2) is 12.8 Å². The predicted molar refractivity (Wildman–Crippen MR) is 95.3 cm³/mol. The van der Waals surface area contributed by atoms with E-state index >= 15 is 0 Å². The first-order valence-corrected chi connectivity index (χ1v) is 9.49. The molecule has 0 unspecified atom stereocenters. The van der Waals surface area contributed by atoms with Gasteiger partial charge in [-0.15, -0.1) is 0 Å². The number of hydrogen-bond donors (Lipinski definition) is 1. The predicted octanol–water partition coefficient (Wildman–Crippen LogP) is 3.64. The first-order valence-electron chi connectivity index (χ1n) is 7.28. The zero-order chi connectivity index (χ0) is 18.0. The molecule has 0 saturated heterocycles. The van der Waals surface area contributed by atoms with Gasteiger partial charge in [-0.1, -0.05) is 6.58 Å². The van der Waals surface area contributed by atoms with Gasteiger partial charge < -0.3 is 4.74 Å². The Morgan fingerprint density at radius 3 is 2.56 bits per heavy atom. The first-order chi connectivity index (χ1) is 11.9. The van der Waals surface area contributed by atoms with Crippen LogP contribution in [0.2, 0.25) is 0 Å². The highest BCUT2D eigenvalue weighted by atomic mass is 32.2. The maximum atomic E-state index is 13.7. The molecule has 0 radical (unpaired) electrons. The molecule has 1 aromatic heterocycles. The highest BCUT2D eigenvalue weighted by Gasteiger charge is 2.21. The smallest absolute Gasteiger partial charge is 0.264 e. The van der Waals surface area contributed by atoms with Gasteiger partial charge in [-0.05, 0) is 43.3 Å². The van der Waals surface area contributed by atoms with Crippen molar-refractivity contribution in [3.05, 3.63) is 54.4 Å². The molecule has 0 aliphatic heterocycles. The Balaban J connectivity index is 1.90. The minimum atomic E-state index is -3.94. The molecule has 0 atom stereocenters. The molecule has 9 heteroatoms. The van der Waals surface area contributed by atoms with Crippen LogP contribution in [0, 0.1) is 5.82 Å². The number of aromatic nitrogens is 2. The van der Waals surface area contributed by atoms with Crippen molar-refractivity contribution >= 4 is 44.2 Å². The van der Waals surface area contributed by atoms with Gasteiger partial charge in [0.2, 0.25) is 0 Å². The highest BCUT2D eigenvalue weighted by Crippen LogP contribution is 2.26. The maximum absolute atomic E-state index is 13.7. The summed E-state index contributed by atoms with van der Waals surface area (Å²) in [6, 6.07) is 8.81. The monoisotopic (exact) mass is 379 g/mol. The molecule has 0 saturated carbocycles. The summed E-state index contributed by atoms with van der Waals surface area (Å²) in [4.78, 5) is -0.125. The Morgan fingerprint density at radius 2 is 1.88 bits per heavy atom. The van der Waals surface area contributed by atoms with E-state index in [4.69, 9.17) is 4.74 Å². The summed E-state index contributed by atoms with van der Waals surface area (Å²) in [5.41, 5.74) is 1.06. The van der Waals surface area contributed by atoms with Crippen molar-refractivity contribution in [1.82, 2.24) is 8.75 Å². The SMILES string of the molecule is C=C(OCC)c1ccc(NS(=O)(=O)c2ccc(F)c3nsnc23)cc1. The van der Waals surface area contributed by atoms with Gasteiger partial charge >= 0.3 is 0 Å². The molecule has 2 aromatic carbocycles. The molecule has 3 rings (SSSR count). The number of anilines is 1. The fourth-order valence-electron chi connectivity index (χ4n) is 2.22. The molecule has 0 amide bonds. The van der Waals surface area contributed by atoms with Gasteiger partial charge in [0, 0.05) is 11.3 Å². The van der Waals surface area contributed by atoms with Crippen LogP contribution in [0.15, 0.2) is 47.9 Å². The van der Waals surface area contributed by atoms with Crippen molar-refractivity contribution < 1.29 is 17.5 Å². The van der Waals surface area contributed by atoms with E-state index in [0.29, 0.717) is 18.1 Å². The van der Waals surface area contributed by atoms with E-state index < -0.39 is 15.8 Å².